The zero-order valence-corrected chi connectivity index (χ0v) is 5.35. The first kappa shape index (κ1) is 6.85. The molecule has 1 saturated heterocycles. The Kier molecular flexibility index (Phi) is 1.65. The minimum absolute atomic E-state index is 0.299. The molecule has 0 bridgehead atoms. The van der Waals surface area contributed by atoms with Gasteiger partial charge in [-0.15, -0.1) is 0 Å². The van der Waals surface area contributed by atoms with Crippen LogP contribution in [-0.4, -0.2) is 33.7 Å². The summed E-state index contributed by atoms with van der Waals surface area (Å²) in [6.07, 6.45) is 0. The van der Waals surface area contributed by atoms with Crippen molar-refractivity contribution in [2.24, 2.45) is 0 Å². The molecule has 1 aliphatic rings. The highest BCUT2D eigenvalue weighted by atomic mass is 32.2. The molecule has 9 heavy (non-hydrogen) atoms. The van der Waals surface area contributed by atoms with Gasteiger partial charge in [0, 0.05) is 5.75 Å². The molecule has 1 atom stereocenters. The highest BCUT2D eigenvalue weighted by Gasteiger charge is 2.41. The Labute approximate surface area is 55.8 Å². The molecule has 0 radical (unpaired) electrons. The zero-order chi connectivity index (χ0) is 6.91. The van der Waals surface area contributed by atoms with Crippen LogP contribution in [0.5, 0.6) is 0 Å². The summed E-state index contributed by atoms with van der Waals surface area (Å²) in [5.41, 5.74) is 0. The molecule has 5 heteroatoms. The molecule has 1 rings (SSSR count). The fraction of sp³-hybridized carbons (Fsp3) is 0.750. The second kappa shape index (κ2) is 2.17. The minimum atomic E-state index is -1.97. The van der Waals surface area contributed by atoms with Crippen LogP contribution >= 0.6 is 11.8 Å². The van der Waals surface area contributed by atoms with Gasteiger partial charge in [0.15, 0.2) is 0 Å². The number of ether oxygens (including phenoxy) is 1. The maximum absolute atomic E-state index is 10.1. The number of aliphatic hydroxyl groups is 1. The predicted molar refractivity (Wildman–Crippen MR) is 31.0 cm³/mol. The van der Waals surface area contributed by atoms with Crippen molar-refractivity contribution in [1.29, 1.82) is 0 Å². The van der Waals surface area contributed by atoms with Crippen LogP contribution in [-0.2, 0) is 9.53 Å². The Bertz CT molecular complexity index is 129. The predicted octanol–water partition coefficient (Wildman–Crippen LogP) is -0.519. The standard InChI is InChI=1S/C4H6O4S/c5-3(6)4(7)8-1-2-9-4/h7H,1-2H2,(H,5,6)/t4-/m0/s1. The van der Waals surface area contributed by atoms with Gasteiger partial charge in [0.25, 0.3) is 0 Å². The molecule has 0 aromatic rings. The Morgan fingerprint density at radius 1 is 1.78 bits per heavy atom. The second-order valence-electron chi connectivity index (χ2n) is 1.58. The molecule has 0 aliphatic carbocycles. The average Bonchev–Trinajstić information content (AvgIpc) is 2.16. The zero-order valence-electron chi connectivity index (χ0n) is 4.53. The smallest absolute Gasteiger partial charge is 0.376 e. The number of hydrogen-bond donors (Lipinski definition) is 2. The van der Waals surface area contributed by atoms with Crippen molar-refractivity contribution < 1.29 is 19.7 Å². The van der Waals surface area contributed by atoms with E-state index in [1.165, 1.54) is 0 Å². The van der Waals surface area contributed by atoms with Crippen LogP contribution < -0.4 is 0 Å². The largest absolute Gasteiger partial charge is 0.477 e. The Balaban J connectivity index is 2.61. The van der Waals surface area contributed by atoms with Gasteiger partial charge in [-0.1, -0.05) is 11.8 Å². The number of thioether (sulfide) groups is 1. The number of carbonyl (C=O) groups is 1. The molecular formula is C4H6O4S. The van der Waals surface area contributed by atoms with Gasteiger partial charge in [-0.05, 0) is 0 Å². The van der Waals surface area contributed by atoms with E-state index in [1.807, 2.05) is 0 Å². The number of hydrogen-bond acceptors (Lipinski definition) is 4. The summed E-state index contributed by atoms with van der Waals surface area (Å²) in [5, 5.41) is 15.2. The summed E-state index contributed by atoms with van der Waals surface area (Å²) >= 11 is 0.887. The van der Waals surface area contributed by atoms with Gasteiger partial charge in [-0.25, -0.2) is 4.79 Å². The second-order valence-corrected chi connectivity index (χ2v) is 2.83. The highest BCUT2D eigenvalue weighted by Crippen LogP contribution is 2.29. The fourth-order valence-corrected chi connectivity index (χ4v) is 1.26. The normalized spacial score (nSPS) is 34.8. The molecule has 0 aromatic carbocycles. The van der Waals surface area contributed by atoms with Gasteiger partial charge in [-0.2, -0.15) is 0 Å². The van der Waals surface area contributed by atoms with Gasteiger partial charge in [0.2, 0.25) is 0 Å². The van der Waals surface area contributed by atoms with Gasteiger partial charge in [-0.3, -0.25) is 0 Å². The van der Waals surface area contributed by atoms with Crippen LogP contribution in [0.15, 0.2) is 0 Å². The molecular weight excluding hydrogens is 144 g/mol. The molecule has 2 N–H and O–H groups in total. The average molecular weight is 150 g/mol. The summed E-state index contributed by atoms with van der Waals surface area (Å²) < 4.78 is 4.52. The van der Waals surface area contributed by atoms with E-state index in [2.05, 4.69) is 4.74 Å². The lowest BCUT2D eigenvalue weighted by Crippen LogP contribution is -2.33. The van der Waals surface area contributed by atoms with Crippen molar-refractivity contribution in [2.45, 2.75) is 5.12 Å². The summed E-state index contributed by atoms with van der Waals surface area (Å²) in [6, 6.07) is 0. The number of aliphatic carboxylic acids is 1. The first-order valence-corrected chi connectivity index (χ1v) is 3.37. The van der Waals surface area contributed by atoms with Gasteiger partial charge >= 0.3 is 11.1 Å². The van der Waals surface area contributed by atoms with E-state index in [1.54, 1.807) is 0 Å². The van der Waals surface area contributed by atoms with E-state index >= 15 is 0 Å². The first-order valence-electron chi connectivity index (χ1n) is 2.39. The van der Waals surface area contributed by atoms with E-state index in [0.29, 0.717) is 12.4 Å². The monoisotopic (exact) mass is 150 g/mol. The third-order valence-electron chi connectivity index (χ3n) is 0.949. The van der Waals surface area contributed by atoms with E-state index < -0.39 is 11.1 Å². The van der Waals surface area contributed by atoms with Crippen LogP contribution in [0.3, 0.4) is 0 Å². The van der Waals surface area contributed by atoms with Crippen LogP contribution in [0.25, 0.3) is 0 Å². The van der Waals surface area contributed by atoms with Crippen molar-refractivity contribution in [3.05, 3.63) is 0 Å². The molecule has 0 spiro atoms. The molecule has 52 valence electrons. The summed E-state index contributed by atoms with van der Waals surface area (Å²) in [4.78, 5) is 10.1. The van der Waals surface area contributed by atoms with Crippen molar-refractivity contribution >= 4 is 17.7 Å². The van der Waals surface area contributed by atoms with E-state index in [-0.39, 0.29) is 0 Å². The lowest BCUT2D eigenvalue weighted by atomic mass is 10.6. The SMILES string of the molecule is O=C(O)[C@]1(O)OCCS1. The van der Waals surface area contributed by atoms with Gasteiger partial charge in [0.1, 0.15) is 0 Å². The minimum Gasteiger partial charge on any atom is -0.477 e. The summed E-state index contributed by atoms with van der Waals surface area (Å²) in [6.45, 7) is 0.299. The number of rotatable bonds is 1. The van der Waals surface area contributed by atoms with Crippen LogP contribution in [0.4, 0.5) is 0 Å². The van der Waals surface area contributed by atoms with Gasteiger partial charge < -0.3 is 14.9 Å². The van der Waals surface area contributed by atoms with E-state index in [9.17, 15) is 4.79 Å². The van der Waals surface area contributed by atoms with Gasteiger partial charge in [0.05, 0.1) is 6.61 Å². The highest BCUT2D eigenvalue weighted by molar-refractivity contribution is 8.01. The van der Waals surface area contributed by atoms with Crippen molar-refractivity contribution in [1.82, 2.24) is 0 Å². The Hall–Kier alpha value is -0.260. The first-order chi connectivity index (χ1) is 4.15. The third kappa shape index (κ3) is 1.17. The van der Waals surface area contributed by atoms with Crippen molar-refractivity contribution in [3.63, 3.8) is 0 Å². The van der Waals surface area contributed by atoms with Crippen molar-refractivity contribution in [2.75, 3.05) is 12.4 Å². The maximum atomic E-state index is 10.1. The van der Waals surface area contributed by atoms with E-state index in [4.69, 9.17) is 10.2 Å². The molecule has 4 nitrogen and oxygen atoms in total. The molecule has 1 heterocycles. The quantitative estimate of drug-likeness (QED) is 0.526. The van der Waals surface area contributed by atoms with Crippen molar-refractivity contribution in [3.8, 4) is 0 Å². The topological polar surface area (TPSA) is 66.8 Å². The van der Waals surface area contributed by atoms with Crippen LogP contribution in [0, 0.1) is 0 Å². The number of carboxylic acids is 1. The Morgan fingerprint density at radius 3 is 2.67 bits per heavy atom. The maximum Gasteiger partial charge on any atom is 0.376 e. The molecule has 0 saturated carbocycles. The molecule has 0 aromatic heterocycles. The summed E-state index contributed by atoms with van der Waals surface area (Å²) in [7, 11) is 0. The molecule has 1 aliphatic heterocycles. The number of carboxylic acid groups (broad SMARTS) is 1. The van der Waals surface area contributed by atoms with Crippen LogP contribution in [0.1, 0.15) is 0 Å². The van der Waals surface area contributed by atoms with Crippen LogP contribution in [0.2, 0.25) is 0 Å². The molecule has 1 fully saturated rings. The summed E-state index contributed by atoms with van der Waals surface area (Å²) in [5.74, 6) is -0.798. The lowest BCUT2D eigenvalue weighted by molar-refractivity contribution is -0.182. The fourth-order valence-electron chi connectivity index (χ4n) is 0.525. The van der Waals surface area contributed by atoms with E-state index in [0.717, 1.165) is 11.8 Å². The Morgan fingerprint density at radius 2 is 2.44 bits per heavy atom. The lowest BCUT2D eigenvalue weighted by Gasteiger charge is -2.12. The third-order valence-corrected chi connectivity index (χ3v) is 2.00. The molecule has 0 unspecified atom stereocenters. The molecule has 0 amide bonds.